The van der Waals surface area contributed by atoms with Crippen LogP contribution in [0.15, 0.2) is 0 Å². The second kappa shape index (κ2) is 5.60. The van der Waals surface area contributed by atoms with Gasteiger partial charge in [-0.05, 0) is 31.1 Å². The number of hydrogen-bond donors (Lipinski definition) is 1. The fourth-order valence-corrected chi connectivity index (χ4v) is 3.35. The monoisotopic (exact) mass is 252 g/mol. The Morgan fingerprint density at radius 1 is 1.17 bits per heavy atom. The molecule has 2 saturated carbocycles. The molecule has 2 aliphatic carbocycles. The van der Waals surface area contributed by atoms with Gasteiger partial charge in [0, 0.05) is 0 Å². The maximum absolute atomic E-state index is 12.1. The zero-order valence-corrected chi connectivity index (χ0v) is 10.8. The molecule has 1 amide bonds. The summed E-state index contributed by atoms with van der Waals surface area (Å²) in [6.45, 7) is 2.30. The summed E-state index contributed by atoms with van der Waals surface area (Å²) < 4.78 is 0. The highest BCUT2D eigenvalue weighted by Gasteiger charge is 2.44. The lowest BCUT2D eigenvalue weighted by Crippen LogP contribution is -2.70. The van der Waals surface area contributed by atoms with Crippen LogP contribution in [-0.4, -0.2) is 23.0 Å². The minimum atomic E-state index is 0. The van der Waals surface area contributed by atoms with Crippen molar-refractivity contribution in [3.8, 4) is 0 Å². The van der Waals surface area contributed by atoms with E-state index in [-0.39, 0.29) is 13.5 Å². The third kappa shape index (κ3) is 2.71. The van der Waals surface area contributed by atoms with Crippen LogP contribution < -0.4 is 5.43 Å². The van der Waals surface area contributed by atoms with E-state index in [2.05, 4.69) is 12.3 Å². The number of nitrogens with zero attached hydrogens (tertiary/aromatic N) is 1. The molecule has 0 spiro atoms. The van der Waals surface area contributed by atoms with Gasteiger partial charge in [0.05, 0.1) is 6.04 Å². The normalized spacial score (nSPS) is 36.6. The van der Waals surface area contributed by atoms with Gasteiger partial charge in [0.1, 0.15) is 6.04 Å². The van der Waals surface area contributed by atoms with E-state index in [4.69, 9.17) is 0 Å². The first-order chi connectivity index (χ1) is 8.25. The predicted molar refractivity (Wildman–Crippen MR) is 73.9 cm³/mol. The highest BCUT2D eigenvalue weighted by Crippen LogP contribution is 2.36. The molecular weight excluding hydrogens is 224 g/mol. The van der Waals surface area contributed by atoms with Crippen molar-refractivity contribution in [1.82, 2.24) is 10.4 Å². The van der Waals surface area contributed by atoms with E-state index in [1.807, 2.05) is 5.01 Å². The fraction of sp³-hybridized carbons (Fsp3) is 0.933. The highest BCUT2D eigenvalue weighted by atomic mass is 16.2. The van der Waals surface area contributed by atoms with E-state index in [0.29, 0.717) is 17.9 Å². The molecule has 0 bridgehead atoms. The SMILES string of the molecule is C.CC1CCCCCC1N1NC(CC2CC2)C1=O. The molecule has 3 nitrogen and oxygen atoms in total. The molecular formula is C15H28N2O. The molecule has 104 valence electrons. The molecule has 1 aliphatic heterocycles. The molecule has 0 aromatic carbocycles. The molecule has 1 heterocycles. The summed E-state index contributed by atoms with van der Waals surface area (Å²) in [6.07, 6.45) is 10.2. The summed E-state index contributed by atoms with van der Waals surface area (Å²) in [5, 5.41) is 1.96. The van der Waals surface area contributed by atoms with E-state index in [0.717, 1.165) is 12.3 Å². The minimum absolute atomic E-state index is 0. The van der Waals surface area contributed by atoms with Crippen LogP contribution in [0.4, 0.5) is 0 Å². The lowest BCUT2D eigenvalue weighted by molar-refractivity contribution is -0.160. The van der Waals surface area contributed by atoms with E-state index in [1.54, 1.807) is 0 Å². The number of hydrogen-bond acceptors (Lipinski definition) is 2. The van der Waals surface area contributed by atoms with Crippen LogP contribution in [0.1, 0.15) is 65.7 Å². The van der Waals surface area contributed by atoms with Crippen molar-refractivity contribution < 1.29 is 4.79 Å². The maximum atomic E-state index is 12.1. The van der Waals surface area contributed by atoms with Crippen LogP contribution in [-0.2, 0) is 4.79 Å². The van der Waals surface area contributed by atoms with E-state index >= 15 is 0 Å². The molecule has 18 heavy (non-hydrogen) atoms. The molecule has 1 N–H and O–H groups in total. The number of nitrogens with one attached hydrogen (secondary N) is 1. The van der Waals surface area contributed by atoms with Crippen LogP contribution >= 0.6 is 0 Å². The highest BCUT2D eigenvalue weighted by molar-refractivity contribution is 5.86. The number of hydrazine groups is 1. The summed E-state index contributed by atoms with van der Waals surface area (Å²) in [4.78, 5) is 12.1. The molecule has 3 atom stereocenters. The van der Waals surface area contributed by atoms with Crippen LogP contribution in [0, 0.1) is 11.8 Å². The van der Waals surface area contributed by atoms with Gasteiger partial charge in [-0.2, -0.15) is 0 Å². The van der Waals surface area contributed by atoms with Crippen molar-refractivity contribution in [2.45, 2.75) is 77.8 Å². The maximum Gasteiger partial charge on any atom is 0.255 e. The lowest BCUT2D eigenvalue weighted by atomic mass is 9.94. The number of rotatable bonds is 3. The molecule has 0 radical (unpaired) electrons. The van der Waals surface area contributed by atoms with Gasteiger partial charge in [0.2, 0.25) is 0 Å². The molecule has 3 rings (SSSR count). The van der Waals surface area contributed by atoms with Gasteiger partial charge >= 0.3 is 0 Å². The second-order valence-corrected chi connectivity index (χ2v) is 6.25. The van der Waals surface area contributed by atoms with Crippen LogP contribution in [0.3, 0.4) is 0 Å². The topological polar surface area (TPSA) is 32.3 Å². The van der Waals surface area contributed by atoms with Crippen LogP contribution in [0.2, 0.25) is 0 Å². The van der Waals surface area contributed by atoms with Crippen LogP contribution in [0.5, 0.6) is 0 Å². The Hall–Kier alpha value is -0.570. The summed E-state index contributed by atoms with van der Waals surface area (Å²) >= 11 is 0. The van der Waals surface area contributed by atoms with Gasteiger partial charge in [-0.1, -0.05) is 46.5 Å². The third-order valence-corrected chi connectivity index (χ3v) is 4.74. The number of carbonyl (C=O) groups excluding carboxylic acids is 1. The molecule has 0 aromatic rings. The Morgan fingerprint density at radius 3 is 2.56 bits per heavy atom. The molecule has 3 fully saturated rings. The number of amides is 1. The Balaban J connectivity index is 0.00000120. The largest absolute Gasteiger partial charge is 0.272 e. The second-order valence-electron chi connectivity index (χ2n) is 6.25. The molecule has 3 heteroatoms. The van der Waals surface area contributed by atoms with E-state index in [9.17, 15) is 4.79 Å². The van der Waals surface area contributed by atoms with Gasteiger partial charge in [-0.25, -0.2) is 5.43 Å². The first kappa shape index (κ1) is 13.9. The minimum Gasteiger partial charge on any atom is -0.272 e. The standard InChI is InChI=1S/C14H24N2O.CH4/c1-10-5-3-2-4-6-13(10)16-14(17)12(15-16)9-11-7-8-11;/h10-13,15H,2-9H2,1H3;1H4. The average molecular weight is 252 g/mol. The van der Waals surface area contributed by atoms with Crippen molar-refractivity contribution in [3.63, 3.8) is 0 Å². The van der Waals surface area contributed by atoms with Gasteiger partial charge in [0.25, 0.3) is 5.91 Å². The van der Waals surface area contributed by atoms with Crippen molar-refractivity contribution in [2.24, 2.45) is 11.8 Å². The van der Waals surface area contributed by atoms with Crippen molar-refractivity contribution >= 4 is 5.91 Å². The summed E-state index contributed by atoms with van der Waals surface area (Å²) in [7, 11) is 0. The van der Waals surface area contributed by atoms with Crippen molar-refractivity contribution in [2.75, 3.05) is 0 Å². The van der Waals surface area contributed by atoms with Crippen molar-refractivity contribution in [3.05, 3.63) is 0 Å². The Kier molecular flexibility index (Phi) is 4.31. The van der Waals surface area contributed by atoms with Gasteiger partial charge in [-0.15, -0.1) is 0 Å². The first-order valence-electron chi connectivity index (χ1n) is 7.35. The Labute approximate surface area is 111 Å². The van der Waals surface area contributed by atoms with E-state index < -0.39 is 0 Å². The summed E-state index contributed by atoms with van der Waals surface area (Å²) in [6, 6.07) is 0.610. The van der Waals surface area contributed by atoms with Gasteiger partial charge in [0.15, 0.2) is 0 Å². The third-order valence-electron chi connectivity index (χ3n) is 4.74. The number of carbonyl (C=O) groups is 1. The smallest absolute Gasteiger partial charge is 0.255 e. The predicted octanol–water partition coefficient (Wildman–Crippen LogP) is 3.11. The zero-order chi connectivity index (χ0) is 11.8. The van der Waals surface area contributed by atoms with Gasteiger partial charge < -0.3 is 0 Å². The molecule has 3 aliphatic rings. The molecule has 1 saturated heterocycles. The Morgan fingerprint density at radius 2 is 1.89 bits per heavy atom. The fourth-order valence-electron chi connectivity index (χ4n) is 3.35. The average Bonchev–Trinajstić information content (AvgIpc) is 3.13. The van der Waals surface area contributed by atoms with Crippen molar-refractivity contribution in [1.29, 1.82) is 0 Å². The Bertz CT molecular complexity index is 301. The molecule has 0 aromatic heterocycles. The zero-order valence-electron chi connectivity index (χ0n) is 10.8. The summed E-state index contributed by atoms with van der Waals surface area (Å²) in [5.74, 6) is 1.87. The first-order valence-corrected chi connectivity index (χ1v) is 7.35. The van der Waals surface area contributed by atoms with Crippen LogP contribution in [0.25, 0.3) is 0 Å². The van der Waals surface area contributed by atoms with E-state index in [1.165, 1.54) is 44.9 Å². The quantitative estimate of drug-likeness (QED) is 0.783. The molecule has 3 unspecified atom stereocenters. The lowest BCUT2D eigenvalue weighted by Gasteiger charge is -2.46. The summed E-state index contributed by atoms with van der Waals surface area (Å²) in [5.41, 5.74) is 3.41. The van der Waals surface area contributed by atoms with Gasteiger partial charge in [-0.3, -0.25) is 9.80 Å².